The van der Waals surface area contributed by atoms with Crippen LogP contribution in [0.2, 0.25) is 0 Å². The highest BCUT2D eigenvalue weighted by molar-refractivity contribution is 5.96. The Labute approximate surface area is 124 Å². The molecule has 0 fully saturated rings. The Morgan fingerprint density at radius 2 is 2.19 bits per heavy atom. The third-order valence-electron chi connectivity index (χ3n) is 4.71. The molecule has 1 aliphatic heterocycles. The third-order valence-corrected chi connectivity index (χ3v) is 4.71. The van der Waals surface area contributed by atoms with Crippen LogP contribution in [0.3, 0.4) is 0 Å². The molecule has 0 bridgehead atoms. The Kier molecular flexibility index (Phi) is 3.02. The van der Waals surface area contributed by atoms with Crippen LogP contribution in [0.25, 0.3) is 0 Å². The van der Waals surface area contributed by atoms with Crippen molar-refractivity contribution >= 4 is 11.6 Å². The van der Waals surface area contributed by atoms with Crippen LogP contribution in [-0.4, -0.2) is 22.4 Å². The summed E-state index contributed by atoms with van der Waals surface area (Å²) < 4.78 is 0. The number of para-hydroxylation sites is 1. The Hall–Kier alpha value is -2.10. The first kappa shape index (κ1) is 12.6. The second kappa shape index (κ2) is 5.02. The summed E-state index contributed by atoms with van der Waals surface area (Å²) in [5.41, 5.74) is 4.70. The van der Waals surface area contributed by atoms with Crippen LogP contribution in [0, 0.1) is 5.92 Å². The minimum Gasteiger partial charge on any atom is -0.348 e. The lowest BCUT2D eigenvalue weighted by Gasteiger charge is -2.33. The standard InChI is InChI=1S/C17H19N3O/c21-17(13-7-8-14-15(10-13)19-11-18-14)20-9-3-5-12-4-1-2-6-16(12)20/h1-2,4,6,11,13H,3,5,7-10H2,(H,18,19). The number of imidazole rings is 1. The van der Waals surface area contributed by atoms with Gasteiger partial charge in [-0.15, -0.1) is 0 Å². The predicted octanol–water partition coefficient (Wildman–Crippen LogP) is 2.49. The number of aryl methyl sites for hydroxylation is 2. The minimum absolute atomic E-state index is 0.0871. The number of nitrogens with one attached hydrogen (secondary N) is 1. The lowest BCUT2D eigenvalue weighted by atomic mass is 9.88. The van der Waals surface area contributed by atoms with Crippen molar-refractivity contribution in [3.63, 3.8) is 0 Å². The molecule has 1 amide bonds. The maximum atomic E-state index is 12.9. The lowest BCUT2D eigenvalue weighted by molar-refractivity contribution is -0.122. The number of rotatable bonds is 1. The summed E-state index contributed by atoms with van der Waals surface area (Å²) in [7, 11) is 0. The van der Waals surface area contributed by atoms with E-state index in [-0.39, 0.29) is 11.8 Å². The summed E-state index contributed by atoms with van der Waals surface area (Å²) in [5, 5.41) is 0. The van der Waals surface area contributed by atoms with Crippen LogP contribution in [0.5, 0.6) is 0 Å². The molecule has 1 aromatic carbocycles. The number of hydrogen-bond donors (Lipinski definition) is 1. The number of aromatic nitrogens is 2. The van der Waals surface area contributed by atoms with Crippen molar-refractivity contribution in [3.8, 4) is 0 Å². The first-order chi connectivity index (χ1) is 10.3. The molecule has 1 N–H and O–H groups in total. The maximum Gasteiger partial charge on any atom is 0.230 e. The van der Waals surface area contributed by atoms with Crippen molar-refractivity contribution in [2.24, 2.45) is 5.92 Å². The third kappa shape index (κ3) is 2.15. The van der Waals surface area contributed by atoms with Gasteiger partial charge in [-0.25, -0.2) is 4.98 Å². The summed E-state index contributed by atoms with van der Waals surface area (Å²) in [6.07, 6.45) is 6.50. The number of amides is 1. The van der Waals surface area contributed by atoms with Gasteiger partial charge in [-0.1, -0.05) is 18.2 Å². The van der Waals surface area contributed by atoms with Gasteiger partial charge in [0.1, 0.15) is 0 Å². The molecule has 1 unspecified atom stereocenters. The zero-order chi connectivity index (χ0) is 14.2. The van der Waals surface area contributed by atoms with Crippen molar-refractivity contribution in [3.05, 3.63) is 47.5 Å². The highest BCUT2D eigenvalue weighted by atomic mass is 16.2. The van der Waals surface area contributed by atoms with Crippen molar-refractivity contribution < 1.29 is 4.79 Å². The second-order valence-electron chi connectivity index (χ2n) is 5.99. The van der Waals surface area contributed by atoms with E-state index in [2.05, 4.69) is 28.2 Å². The number of fused-ring (bicyclic) bond motifs is 2. The Morgan fingerprint density at radius 3 is 3.14 bits per heavy atom. The molecule has 2 aliphatic rings. The zero-order valence-electron chi connectivity index (χ0n) is 12.0. The average Bonchev–Trinajstić information content (AvgIpc) is 3.01. The van der Waals surface area contributed by atoms with E-state index in [1.165, 1.54) is 5.56 Å². The maximum absolute atomic E-state index is 12.9. The topological polar surface area (TPSA) is 49.0 Å². The first-order valence-corrected chi connectivity index (χ1v) is 7.73. The van der Waals surface area contributed by atoms with Crippen LogP contribution >= 0.6 is 0 Å². The number of nitrogens with zero attached hydrogens (tertiary/aromatic N) is 2. The molecule has 1 aromatic heterocycles. The lowest BCUT2D eigenvalue weighted by Crippen LogP contribution is -2.41. The summed E-state index contributed by atoms with van der Waals surface area (Å²) >= 11 is 0. The van der Waals surface area contributed by atoms with Crippen LogP contribution in [0.4, 0.5) is 5.69 Å². The Bertz CT molecular complexity index is 676. The number of carbonyl (C=O) groups excluding carboxylic acids is 1. The molecule has 4 rings (SSSR count). The molecule has 0 saturated carbocycles. The van der Waals surface area contributed by atoms with Crippen molar-refractivity contribution in [2.45, 2.75) is 32.1 Å². The molecule has 0 spiro atoms. The van der Waals surface area contributed by atoms with Gasteiger partial charge >= 0.3 is 0 Å². The molecule has 0 radical (unpaired) electrons. The smallest absolute Gasteiger partial charge is 0.230 e. The first-order valence-electron chi connectivity index (χ1n) is 7.73. The zero-order valence-corrected chi connectivity index (χ0v) is 12.0. The molecule has 1 atom stereocenters. The molecule has 21 heavy (non-hydrogen) atoms. The van der Waals surface area contributed by atoms with E-state index >= 15 is 0 Å². The van der Waals surface area contributed by atoms with Crippen molar-refractivity contribution in [1.82, 2.24) is 9.97 Å². The fraction of sp³-hybridized carbons (Fsp3) is 0.412. The summed E-state index contributed by atoms with van der Waals surface area (Å²) in [5.74, 6) is 0.367. The summed E-state index contributed by atoms with van der Waals surface area (Å²) in [6, 6.07) is 8.31. The molecule has 4 nitrogen and oxygen atoms in total. The largest absolute Gasteiger partial charge is 0.348 e. The number of hydrogen-bond acceptors (Lipinski definition) is 2. The van der Waals surface area contributed by atoms with Gasteiger partial charge in [0.05, 0.1) is 12.0 Å². The summed E-state index contributed by atoms with van der Waals surface area (Å²) in [6.45, 7) is 0.849. The molecule has 108 valence electrons. The molecule has 1 aliphatic carbocycles. The van der Waals surface area contributed by atoms with E-state index in [0.717, 1.165) is 55.7 Å². The van der Waals surface area contributed by atoms with E-state index in [0.29, 0.717) is 0 Å². The number of carbonyl (C=O) groups is 1. The molecular formula is C17H19N3O. The monoisotopic (exact) mass is 281 g/mol. The normalized spacial score (nSPS) is 20.8. The van der Waals surface area contributed by atoms with Gasteiger partial charge in [-0.05, 0) is 37.3 Å². The van der Waals surface area contributed by atoms with Gasteiger partial charge in [0, 0.05) is 30.3 Å². The molecule has 0 saturated heterocycles. The molecule has 2 aromatic rings. The minimum atomic E-state index is 0.0871. The van der Waals surface area contributed by atoms with Crippen LogP contribution in [-0.2, 0) is 24.1 Å². The number of aromatic amines is 1. The molecular weight excluding hydrogens is 262 g/mol. The van der Waals surface area contributed by atoms with Gasteiger partial charge in [-0.2, -0.15) is 0 Å². The van der Waals surface area contributed by atoms with E-state index in [4.69, 9.17) is 0 Å². The Balaban J connectivity index is 1.59. The fourth-order valence-electron chi connectivity index (χ4n) is 3.59. The second-order valence-corrected chi connectivity index (χ2v) is 5.99. The van der Waals surface area contributed by atoms with Gasteiger partial charge in [0.2, 0.25) is 5.91 Å². The molecule has 2 heterocycles. The van der Waals surface area contributed by atoms with Crippen molar-refractivity contribution in [2.75, 3.05) is 11.4 Å². The van der Waals surface area contributed by atoms with Gasteiger partial charge in [0.25, 0.3) is 0 Å². The van der Waals surface area contributed by atoms with Gasteiger partial charge in [-0.3, -0.25) is 4.79 Å². The van der Waals surface area contributed by atoms with E-state index in [9.17, 15) is 4.79 Å². The van der Waals surface area contributed by atoms with E-state index in [1.54, 1.807) is 6.33 Å². The summed E-state index contributed by atoms with van der Waals surface area (Å²) in [4.78, 5) is 22.4. The number of benzene rings is 1. The predicted molar refractivity (Wildman–Crippen MR) is 81.2 cm³/mol. The fourth-order valence-corrected chi connectivity index (χ4v) is 3.59. The van der Waals surface area contributed by atoms with Crippen LogP contribution < -0.4 is 4.90 Å². The highest BCUT2D eigenvalue weighted by Crippen LogP contribution is 2.31. The quantitative estimate of drug-likeness (QED) is 0.873. The van der Waals surface area contributed by atoms with Crippen LogP contribution in [0.15, 0.2) is 30.6 Å². The van der Waals surface area contributed by atoms with E-state index < -0.39 is 0 Å². The molecule has 4 heteroatoms. The highest BCUT2D eigenvalue weighted by Gasteiger charge is 2.31. The van der Waals surface area contributed by atoms with Gasteiger partial charge < -0.3 is 9.88 Å². The van der Waals surface area contributed by atoms with Crippen molar-refractivity contribution in [1.29, 1.82) is 0 Å². The van der Waals surface area contributed by atoms with E-state index in [1.807, 2.05) is 11.0 Å². The van der Waals surface area contributed by atoms with Crippen LogP contribution in [0.1, 0.15) is 29.8 Å². The number of anilines is 1. The van der Waals surface area contributed by atoms with Gasteiger partial charge in [0.15, 0.2) is 0 Å². The number of H-pyrrole nitrogens is 1. The Morgan fingerprint density at radius 1 is 1.29 bits per heavy atom. The SMILES string of the molecule is O=C(C1CCc2nc[nH]c2C1)N1CCCc2ccccc21. The average molecular weight is 281 g/mol.